The van der Waals surface area contributed by atoms with Gasteiger partial charge in [0.1, 0.15) is 5.15 Å². The topological polar surface area (TPSA) is 59.8 Å². The number of nitrogens with one attached hydrogen (secondary N) is 1. The Hall–Kier alpha value is -1.59. The number of pyridine rings is 1. The van der Waals surface area contributed by atoms with Crippen LogP contribution in [0, 0.1) is 0 Å². The summed E-state index contributed by atoms with van der Waals surface area (Å²) < 4.78 is 2.04. The Bertz CT molecular complexity index is 644. The van der Waals surface area contributed by atoms with Crippen LogP contribution in [-0.4, -0.2) is 26.5 Å². The molecule has 3 rings (SSSR count). The lowest BCUT2D eigenvalue weighted by Gasteiger charge is -2.22. The molecule has 110 valence electrons. The van der Waals surface area contributed by atoms with Crippen molar-refractivity contribution in [3.8, 4) is 0 Å². The summed E-state index contributed by atoms with van der Waals surface area (Å²) in [6, 6.07) is 1.78. The van der Waals surface area contributed by atoms with Gasteiger partial charge in [-0.25, -0.2) is 9.97 Å². The van der Waals surface area contributed by atoms with Crippen LogP contribution in [0.1, 0.15) is 35.7 Å². The van der Waals surface area contributed by atoms with Crippen molar-refractivity contribution < 1.29 is 4.79 Å². The third-order valence-electron chi connectivity index (χ3n) is 3.77. The zero-order valence-corrected chi connectivity index (χ0v) is 12.7. The van der Waals surface area contributed by atoms with Gasteiger partial charge in [0.2, 0.25) is 0 Å². The first-order chi connectivity index (χ1) is 10.1. The average Bonchev–Trinajstić information content (AvgIpc) is 3.11. The van der Waals surface area contributed by atoms with E-state index in [1.54, 1.807) is 12.5 Å². The van der Waals surface area contributed by atoms with Gasteiger partial charge in [-0.05, 0) is 25.3 Å². The first-order valence-corrected chi connectivity index (χ1v) is 7.50. The van der Waals surface area contributed by atoms with Crippen molar-refractivity contribution >= 4 is 29.1 Å². The van der Waals surface area contributed by atoms with E-state index in [1.165, 1.54) is 12.3 Å². The maximum absolute atomic E-state index is 12.4. The van der Waals surface area contributed by atoms with E-state index >= 15 is 0 Å². The van der Waals surface area contributed by atoms with Gasteiger partial charge in [0.15, 0.2) is 0 Å². The highest BCUT2D eigenvalue weighted by Gasteiger charge is 2.30. The highest BCUT2D eigenvalue weighted by atomic mass is 35.5. The molecule has 1 N–H and O–H groups in total. The summed E-state index contributed by atoms with van der Waals surface area (Å²) in [6.45, 7) is 0. The van der Waals surface area contributed by atoms with Crippen LogP contribution in [0.5, 0.6) is 0 Å². The highest BCUT2D eigenvalue weighted by Crippen LogP contribution is 2.30. The van der Waals surface area contributed by atoms with Crippen molar-refractivity contribution in [2.45, 2.75) is 31.3 Å². The summed E-state index contributed by atoms with van der Waals surface area (Å²) in [5.74, 6) is -0.221. The largest absolute Gasteiger partial charge is 0.347 e. The number of nitrogens with zero attached hydrogens (tertiary/aromatic N) is 3. The first-order valence-electron chi connectivity index (χ1n) is 6.74. The van der Waals surface area contributed by atoms with E-state index in [9.17, 15) is 4.79 Å². The minimum atomic E-state index is -0.221. The first kappa shape index (κ1) is 14.4. The van der Waals surface area contributed by atoms with Crippen LogP contribution in [0.25, 0.3) is 0 Å². The summed E-state index contributed by atoms with van der Waals surface area (Å²) >= 11 is 11.8. The van der Waals surface area contributed by atoms with Gasteiger partial charge < -0.3 is 9.88 Å². The van der Waals surface area contributed by atoms with Crippen molar-refractivity contribution in [3.63, 3.8) is 0 Å². The lowest BCUT2D eigenvalue weighted by atomic mass is 10.1. The van der Waals surface area contributed by atoms with Crippen molar-refractivity contribution in [1.29, 1.82) is 0 Å². The van der Waals surface area contributed by atoms with Crippen LogP contribution < -0.4 is 5.32 Å². The van der Waals surface area contributed by atoms with Gasteiger partial charge in [-0.15, -0.1) is 0 Å². The number of hydrogen-bond acceptors (Lipinski definition) is 3. The molecule has 2 aromatic heterocycles. The predicted octanol–water partition coefficient (Wildman–Crippen LogP) is 3.11. The standard InChI is InChI=1S/C14H14Cl2N4O/c15-10-7-18-13(16)6-9(10)14(21)19-11-2-1-3-12(11)20-5-4-17-8-20/h4-8,11-12H,1-3H2,(H,19,21). The van der Waals surface area contributed by atoms with E-state index in [-0.39, 0.29) is 23.1 Å². The van der Waals surface area contributed by atoms with Gasteiger partial charge in [0, 0.05) is 24.6 Å². The Morgan fingerprint density at radius 3 is 3.00 bits per heavy atom. The third kappa shape index (κ3) is 3.04. The molecular weight excluding hydrogens is 311 g/mol. The van der Waals surface area contributed by atoms with Crippen LogP contribution in [-0.2, 0) is 0 Å². The molecule has 21 heavy (non-hydrogen) atoms. The van der Waals surface area contributed by atoms with Gasteiger partial charge >= 0.3 is 0 Å². The van der Waals surface area contributed by atoms with Gasteiger partial charge in [0.05, 0.1) is 23.0 Å². The molecule has 1 aliphatic carbocycles. The molecule has 2 heterocycles. The Balaban J connectivity index is 1.76. The molecule has 0 radical (unpaired) electrons. The lowest BCUT2D eigenvalue weighted by Crippen LogP contribution is -2.38. The predicted molar refractivity (Wildman–Crippen MR) is 80.6 cm³/mol. The number of carbonyl (C=O) groups excluding carboxylic acids is 1. The SMILES string of the molecule is O=C(NC1CCCC1n1ccnc1)c1cc(Cl)ncc1Cl. The molecule has 0 aromatic carbocycles. The van der Waals surface area contributed by atoms with E-state index in [0.717, 1.165) is 19.3 Å². The Morgan fingerprint density at radius 2 is 2.24 bits per heavy atom. The van der Waals surface area contributed by atoms with Crippen LogP contribution in [0.4, 0.5) is 0 Å². The average molecular weight is 325 g/mol. The van der Waals surface area contributed by atoms with Crippen LogP contribution in [0.15, 0.2) is 31.0 Å². The highest BCUT2D eigenvalue weighted by molar-refractivity contribution is 6.35. The van der Waals surface area contributed by atoms with Crippen LogP contribution in [0.2, 0.25) is 10.2 Å². The minimum absolute atomic E-state index is 0.0645. The molecule has 0 aliphatic heterocycles. The van der Waals surface area contributed by atoms with Crippen molar-refractivity contribution in [1.82, 2.24) is 19.9 Å². The lowest BCUT2D eigenvalue weighted by molar-refractivity contribution is 0.0929. The summed E-state index contributed by atoms with van der Waals surface area (Å²) in [7, 11) is 0. The van der Waals surface area contributed by atoms with Gasteiger partial charge in [0.25, 0.3) is 5.91 Å². The maximum Gasteiger partial charge on any atom is 0.253 e. The van der Waals surface area contributed by atoms with E-state index in [2.05, 4.69) is 15.3 Å². The number of amides is 1. The second-order valence-corrected chi connectivity index (χ2v) is 5.87. The summed E-state index contributed by atoms with van der Waals surface area (Å²) in [5.41, 5.74) is 0.355. The van der Waals surface area contributed by atoms with E-state index in [4.69, 9.17) is 23.2 Å². The zero-order valence-electron chi connectivity index (χ0n) is 11.2. The molecule has 0 saturated heterocycles. The fourth-order valence-corrected chi connectivity index (χ4v) is 3.11. The number of aromatic nitrogens is 3. The summed E-state index contributed by atoms with van der Waals surface area (Å²) in [6.07, 6.45) is 9.87. The van der Waals surface area contributed by atoms with Crippen molar-refractivity contribution in [3.05, 3.63) is 46.7 Å². The number of imidazole rings is 1. The Kier molecular flexibility index (Phi) is 4.12. The number of halogens is 2. The Labute approximate surface area is 132 Å². The number of rotatable bonds is 3. The molecule has 2 atom stereocenters. The maximum atomic E-state index is 12.4. The van der Waals surface area contributed by atoms with Gasteiger partial charge in [-0.1, -0.05) is 23.2 Å². The molecule has 1 fully saturated rings. The molecular formula is C14H14Cl2N4O. The van der Waals surface area contributed by atoms with Gasteiger partial charge in [-0.3, -0.25) is 4.79 Å². The van der Waals surface area contributed by atoms with E-state index < -0.39 is 0 Å². The summed E-state index contributed by atoms with van der Waals surface area (Å²) in [4.78, 5) is 20.3. The Morgan fingerprint density at radius 1 is 1.38 bits per heavy atom. The van der Waals surface area contributed by atoms with Gasteiger partial charge in [-0.2, -0.15) is 0 Å². The van der Waals surface area contributed by atoms with E-state index in [1.807, 2.05) is 10.8 Å². The molecule has 2 aromatic rings. The fraction of sp³-hybridized carbons (Fsp3) is 0.357. The monoisotopic (exact) mass is 324 g/mol. The molecule has 1 saturated carbocycles. The quantitative estimate of drug-likeness (QED) is 0.882. The zero-order chi connectivity index (χ0) is 14.8. The van der Waals surface area contributed by atoms with Crippen molar-refractivity contribution in [2.75, 3.05) is 0 Å². The van der Waals surface area contributed by atoms with Crippen LogP contribution >= 0.6 is 23.2 Å². The normalized spacial score (nSPS) is 21.4. The molecule has 1 amide bonds. The molecule has 0 bridgehead atoms. The van der Waals surface area contributed by atoms with E-state index in [0.29, 0.717) is 10.6 Å². The summed E-state index contributed by atoms with van der Waals surface area (Å²) in [5, 5.41) is 3.60. The minimum Gasteiger partial charge on any atom is -0.347 e. The smallest absolute Gasteiger partial charge is 0.253 e. The second-order valence-electron chi connectivity index (χ2n) is 5.07. The number of hydrogen-bond donors (Lipinski definition) is 1. The van der Waals surface area contributed by atoms with Crippen LogP contribution in [0.3, 0.4) is 0 Å². The molecule has 0 spiro atoms. The fourth-order valence-electron chi connectivity index (χ4n) is 2.76. The second kappa shape index (κ2) is 6.03. The molecule has 2 unspecified atom stereocenters. The third-order valence-corrected chi connectivity index (χ3v) is 4.28. The molecule has 7 heteroatoms. The number of carbonyl (C=O) groups is 1. The molecule has 1 aliphatic rings. The van der Waals surface area contributed by atoms with Crippen molar-refractivity contribution in [2.24, 2.45) is 0 Å². The molecule has 5 nitrogen and oxygen atoms in total.